The Morgan fingerprint density at radius 3 is 2.60 bits per heavy atom. The summed E-state index contributed by atoms with van der Waals surface area (Å²) in [5.74, 6) is -6.96. The molecule has 5 saturated heterocycles. The molecule has 0 amide bonds. The molecular weight excluding hydrogens is 524 g/mol. The number of fused-ring (bicyclic) bond motifs is 4. The monoisotopic (exact) mass is 560 g/mol. The molecular formula is C29H36O11. The number of ketones is 1. The van der Waals surface area contributed by atoms with E-state index in [4.69, 9.17) is 23.7 Å². The number of hydrogen-bond acceptors (Lipinski definition) is 11. The number of ether oxygens (including phenoxy) is 5. The van der Waals surface area contributed by atoms with Gasteiger partial charge in [-0.05, 0) is 45.3 Å². The first kappa shape index (κ1) is 26.7. The Morgan fingerprint density at radius 1 is 1.18 bits per heavy atom. The standard InChI is InChI=1S/C29H36O11/c1-14(7-16-8-15(2)23(33)36-16)22(32)24(3)5-6-26-12-27-19(10-20(31)39-27)38-25(4,13-30)21(27)17-9-18(26)29(35,37-17)28(34,11-24)40-26/h7-8,14,17-19,21,30,34-35H,5-6,9-13H2,1-4H3/t14-,17-,18+,19+,21-,24-,25-,26-,27-,28+,29-/m0/s1. The highest BCUT2D eigenvalue weighted by molar-refractivity contribution is 5.93. The van der Waals surface area contributed by atoms with Gasteiger partial charge in [-0.25, -0.2) is 4.79 Å². The van der Waals surface area contributed by atoms with Gasteiger partial charge in [0.05, 0.1) is 42.2 Å². The first-order valence-corrected chi connectivity index (χ1v) is 14.1. The fourth-order valence-electron chi connectivity index (χ4n) is 9.30. The Kier molecular flexibility index (Phi) is 5.22. The molecule has 0 radical (unpaired) electrons. The Hall–Kier alpha value is -2.15. The van der Waals surface area contributed by atoms with E-state index in [0.29, 0.717) is 30.6 Å². The Bertz CT molecular complexity index is 1290. The van der Waals surface area contributed by atoms with Crippen LogP contribution in [0.25, 0.3) is 0 Å². The smallest absolute Gasteiger partial charge is 0.339 e. The van der Waals surface area contributed by atoms with Crippen molar-refractivity contribution < 1.29 is 53.4 Å². The first-order chi connectivity index (χ1) is 18.6. The second kappa shape index (κ2) is 7.81. The minimum atomic E-state index is -2.21. The molecule has 3 N–H and O–H groups in total. The molecule has 40 heavy (non-hydrogen) atoms. The molecule has 1 aliphatic carbocycles. The summed E-state index contributed by atoms with van der Waals surface area (Å²) >= 11 is 0. The predicted octanol–water partition coefficient (Wildman–Crippen LogP) is 1.18. The van der Waals surface area contributed by atoms with Gasteiger partial charge in [0, 0.05) is 29.7 Å². The minimum absolute atomic E-state index is 0.0228. The summed E-state index contributed by atoms with van der Waals surface area (Å²) < 4.78 is 30.4. The number of allylic oxidation sites excluding steroid dienone is 2. The molecule has 7 aliphatic rings. The second-order valence-corrected chi connectivity index (χ2v) is 13.6. The number of carbonyl (C=O) groups is 3. The van der Waals surface area contributed by atoms with Crippen molar-refractivity contribution in [2.75, 3.05) is 6.61 Å². The number of carbonyl (C=O) groups excluding carboxylic acids is 3. The van der Waals surface area contributed by atoms with Crippen LogP contribution >= 0.6 is 0 Å². The third-order valence-electron chi connectivity index (χ3n) is 10.9. The summed E-state index contributed by atoms with van der Waals surface area (Å²) in [7, 11) is 0. The third kappa shape index (κ3) is 3.13. The average molecular weight is 561 g/mol. The first-order valence-electron chi connectivity index (χ1n) is 14.1. The maximum absolute atomic E-state index is 13.9. The highest BCUT2D eigenvalue weighted by atomic mass is 16.8. The molecule has 0 unspecified atom stereocenters. The molecule has 6 aliphatic heterocycles. The maximum atomic E-state index is 13.9. The van der Waals surface area contributed by atoms with E-state index >= 15 is 0 Å². The fraction of sp³-hybridized carbons (Fsp3) is 0.759. The lowest BCUT2D eigenvalue weighted by molar-refractivity contribution is -0.361. The van der Waals surface area contributed by atoms with Gasteiger partial charge in [-0.15, -0.1) is 0 Å². The molecule has 11 atom stereocenters. The number of rotatable bonds is 4. The second-order valence-electron chi connectivity index (χ2n) is 13.6. The number of aliphatic hydroxyl groups excluding tert-OH is 1. The predicted molar refractivity (Wildman–Crippen MR) is 133 cm³/mol. The van der Waals surface area contributed by atoms with Gasteiger partial charge in [-0.3, -0.25) is 9.59 Å². The Balaban J connectivity index is 1.27. The topological polar surface area (TPSA) is 158 Å². The molecule has 1 saturated carbocycles. The number of cyclic esters (lactones) is 1. The van der Waals surface area contributed by atoms with Crippen LogP contribution in [0.4, 0.5) is 0 Å². The van der Waals surface area contributed by atoms with Gasteiger partial charge in [0.2, 0.25) is 11.6 Å². The molecule has 7 rings (SSSR count). The van der Waals surface area contributed by atoms with Crippen LogP contribution in [0.2, 0.25) is 0 Å². The van der Waals surface area contributed by atoms with Crippen molar-refractivity contribution in [3.05, 3.63) is 23.5 Å². The van der Waals surface area contributed by atoms with Crippen molar-refractivity contribution >= 4 is 17.7 Å². The van der Waals surface area contributed by atoms with Gasteiger partial charge in [0.15, 0.2) is 0 Å². The SMILES string of the molecule is CC1=CC(=C[C@H](C)C(=O)[C@@]2(C)CC[C@]34C[C@]56OC(=O)C[C@H]5O[C@@](C)(CO)[C@@H]6[C@@H]5C[C@H]3[C@](O)(O5)[C@@](O)(C2)O4)OC1=O. The Morgan fingerprint density at radius 2 is 1.93 bits per heavy atom. The molecule has 6 heterocycles. The van der Waals surface area contributed by atoms with E-state index in [1.165, 1.54) is 0 Å². The molecule has 6 fully saturated rings. The van der Waals surface area contributed by atoms with Gasteiger partial charge in [-0.2, -0.15) is 0 Å². The highest BCUT2D eigenvalue weighted by Crippen LogP contribution is 2.71. The van der Waals surface area contributed by atoms with Crippen LogP contribution in [-0.2, 0) is 38.1 Å². The number of hydrogen-bond donors (Lipinski definition) is 3. The van der Waals surface area contributed by atoms with Gasteiger partial charge < -0.3 is 39.0 Å². The molecule has 11 heteroatoms. The molecule has 218 valence electrons. The van der Waals surface area contributed by atoms with Crippen LogP contribution in [0.5, 0.6) is 0 Å². The van der Waals surface area contributed by atoms with E-state index in [1.807, 2.05) is 0 Å². The van der Waals surface area contributed by atoms with Crippen molar-refractivity contribution in [1.29, 1.82) is 0 Å². The van der Waals surface area contributed by atoms with E-state index < -0.39 is 75.7 Å². The summed E-state index contributed by atoms with van der Waals surface area (Å²) in [4.78, 5) is 38.3. The van der Waals surface area contributed by atoms with Gasteiger partial charge >= 0.3 is 11.9 Å². The molecule has 4 bridgehead atoms. The quantitative estimate of drug-likeness (QED) is 0.424. The molecule has 2 spiro atoms. The largest absolute Gasteiger partial charge is 0.456 e. The lowest BCUT2D eigenvalue weighted by atomic mass is 9.63. The zero-order valence-corrected chi connectivity index (χ0v) is 23.1. The van der Waals surface area contributed by atoms with Crippen molar-refractivity contribution in [3.63, 3.8) is 0 Å². The van der Waals surface area contributed by atoms with E-state index in [0.717, 1.165) is 0 Å². The van der Waals surface area contributed by atoms with E-state index in [9.17, 15) is 29.7 Å². The molecule has 0 aromatic carbocycles. The molecule has 0 aromatic heterocycles. The normalized spacial score (nSPS) is 53.9. The van der Waals surface area contributed by atoms with Crippen LogP contribution in [0.3, 0.4) is 0 Å². The Labute approximate surface area is 231 Å². The highest BCUT2D eigenvalue weighted by Gasteiger charge is 2.84. The summed E-state index contributed by atoms with van der Waals surface area (Å²) in [6, 6.07) is 0. The van der Waals surface area contributed by atoms with Crippen LogP contribution in [0, 0.1) is 23.2 Å². The maximum Gasteiger partial charge on any atom is 0.339 e. The van der Waals surface area contributed by atoms with Crippen LogP contribution in [0.15, 0.2) is 23.5 Å². The molecule has 11 nitrogen and oxygen atoms in total. The number of aliphatic hydroxyl groups is 3. The average Bonchev–Trinajstić information content (AvgIpc) is 3.53. The summed E-state index contributed by atoms with van der Waals surface area (Å²) in [5.41, 5.74) is -4.09. The van der Waals surface area contributed by atoms with Crippen molar-refractivity contribution in [2.45, 2.75) is 107 Å². The zero-order valence-electron chi connectivity index (χ0n) is 23.1. The van der Waals surface area contributed by atoms with Crippen LogP contribution < -0.4 is 0 Å². The lowest BCUT2D eigenvalue weighted by Crippen LogP contribution is -2.60. The third-order valence-corrected chi connectivity index (χ3v) is 10.9. The van der Waals surface area contributed by atoms with Crippen LogP contribution in [-0.4, -0.2) is 80.2 Å². The summed E-state index contributed by atoms with van der Waals surface area (Å²) in [6.07, 6.45) is 2.76. The van der Waals surface area contributed by atoms with Crippen LogP contribution in [0.1, 0.15) is 66.2 Å². The zero-order chi connectivity index (χ0) is 28.7. The minimum Gasteiger partial charge on any atom is -0.456 e. The van der Waals surface area contributed by atoms with Crippen molar-refractivity contribution in [1.82, 2.24) is 0 Å². The van der Waals surface area contributed by atoms with Gasteiger partial charge in [0.1, 0.15) is 23.2 Å². The fourth-order valence-corrected chi connectivity index (χ4v) is 9.30. The van der Waals surface area contributed by atoms with Gasteiger partial charge in [-0.1, -0.05) is 13.8 Å². The molecule has 0 aromatic rings. The van der Waals surface area contributed by atoms with E-state index in [-0.39, 0.29) is 31.7 Å². The van der Waals surface area contributed by atoms with Crippen molar-refractivity contribution in [3.8, 4) is 0 Å². The van der Waals surface area contributed by atoms with Gasteiger partial charge in [0.25, 0.3) is 0 Å². The summed E-state index contributed by atoms with van der Waals surface area (Å²) in [5, 5.41) is 34.6. The van der Waals surface area contributed by atoms with Crippen molar-refractivity contribution in [2.24, 2.45) is 23.2 Å². The summed E-state index contributed by atoms with van der Waals surface area (Å²) in [6.45, 7) is 6.52. The van der Waals surface area contributed by atoms with E-state index in [1.54, 1.807) is 39.8 Å². The lowest BCUT2D eigenvalue weighted by Gasteiger charge is -2.46. The number of Topliss-reactive ketones (excluding diaryl/α,β-unsaturated/α-hetero) is 1. The van der Waals surface area contributed by atoms with E-state index in [2.05, 4.69) is 0 Å². The number of esters is 2.